The quantitative estimate of drug-likeness (QED) is 0.391. The van der Waals surface area contributed by atoms with E-state index in [-0.39, 0.29) is 34.1 Å². The van der Waals surface area contributed by atoms with Crippen molar-refractivity contribution in [3.8, 4) is 29.0 Å². The van der Waals surface area contributed by atoms with Crippen LogP contribution < -0.4 is 9.47 Å². The lowest BCUT2D eigenvalue weighted by molar-refractivity contribution is -0.153. The van der Waals surface area contributed by atoms with Gasteiger partial charge in [-0.1, -0.05) is 6.07 Å². The van der Waals surface area contributed by atoms with Crippen LogP contribution in [0, 0.1) is 11.3 Å². The third kappa shape index (κ3) is 5.32. The summed E-state index contributed by atoms with van der Waals surface area (Å²) in [5.41, 5.74) is 2.29. The van der Waals surface area contributed by atoms with Gasteiger partial charge in [-0.3, -0.25) is 4.98 Å². The number of fused-ring (bicyclic) bond motifs is 1. The number of ether oxygens (including phenoxy) is 2. The molecule has 8 nitrogen and oxygen atoms in total. The zero-order valence-corrected chi connectivity index (χ0v) is 19.0. The van der Waals surface area contributed by atoms with E-state index in [1.165, 1.54) is 25.6 Å². The van der Waals surface area contributed by atoms with Crippen LogP contribution >= 0.6 is 0 Å². The van der Waals surface area contributed by atoms with Gasteiger partial charge in [-0.25, -0.2) is 15.0 Å². The van der Waals surface area contributed by atoms with Crippen LogP contribution in [0.2, 0.25) is 0 Å². The van der Waals surface area contributed by atoms with Crippen molar-refractivity contribution in [1.29, 1.82) is 5.26 Å². The van der Waals surface area contributed by atoms with E-state index < -0.39 is 12.8 Å². The summed E-state index contributed by atoms with van der Waals surface area (Å²) in [5.74, 6) is 0.353. The van der Waals surface area contributed by atoms with Crippen molar-refractivity contribution >= 4 is 11.5 Å². The monoisotopic (exact) mass is 482 g/mol. The maximum absolute atomic E-state index is 13.0. The molecule has 3 heterocycles. The van der Waals surface area contributed by atoms with Gasteiger partial charge in [0.05, 0.1) is 23.9 Å². The lowest BCUT2D eigenvalue weighted by atomic mass is 10.0. The first-order valence-electron chi connectivity index (χ1n) is 10.7. The number of rotatable bonds is 5. The minimum absolute atomic E-state index is 0.0172. The molecule has 0 saturated heterocycles. The van der Waals surface area contributed by atoms with Crippen LogP contribution in [-0.4, -0.2) is 52.1 Å². The molecule has 1 aliphatic rings. The number of amidine groups is 1. The van der Waals surface area contributed by atoms with Crippen LogP contribution in [0.1, 0.15) is 23.7 Å². The Morgan fingerprint density at radius 1 is 1.20 bits per heavy atom. The maximum Gasteiger partial charge on any atom is 0.422 e. The summed E-state index contributed by atoms with van der Waals surface area (Å²) in [5, 5.41) is 10.0. The van der Waals surface area contributed by atoms with Gasteiger partial charge in [0.25, 0.3) is 0 Å². The molecule has 4 rings (SSSR count). The van der Waals surface area contributed by atoms with Gasteiger partial charge in [0.15, 0.2) is 23.9 Å². The number of hydrogen-bond acceptors (Lipinski definition) is 7. The molecule has 0 bridgehead atoms. The number of alkyl halides is 3. The lowest BCUT2D eigenvalue weighted by Gasteiger charge is -2.29. The minimum atomic E-state index is -4.60. The number of methoxy groups -OCH3 is 1. The number of aliphatic imine (C=N–C) groups is 1. The summed E-state index contributed by atoms with van der Waals surface area (Å²) in [6.45, 7) is 1.51. The molecule has 1 aromatic carbocycles. The first-order chi connectivity index (χ1) is 16.8. The Morgan fingerprint density at radius 3 is 2.63 bits per heavy atom. The van der Waals surface area contributed by atoms with Gasteiger partial charge in [0.1, 0.15) is 11.9 Å². The number of aromatic nitrogens is 3. The summed E-state index contributed by atoms with van der Waals surface area (Å²) in [6, 6.07) is 8.86. The van der Waals surface area contributed by atoms with Crippen molar-refractivity contribution in [3.05, 3.63) is 59.7 Å². The molecule has 35 heavy (non-hydrogen) atoms. The van der Waals surface area contributed by atoms with Gasteiger partial charge in [0, 0.05) is 49.9 Å². The van der Waals surface area contributed by atoms with Crippen molar-refractivity contribution in [3.63, 3.8) is 0 Å². The molecule has 11 heteroatoms. The summed E-state index contributed by atoms with van der Waals surface area (Å²) in [6.07, 6.45) is 0.745. The van der Waals surface area contributed by atoms with E-state index in [9.17, 15) is 18.4 Å². The van der Waals surface area contributed by atoms with Crippen LogP contribution in [0.15, 0.2) is 47.8 Å². The number of nitriles is 1. The topological polar surface area (TPSA) is 96.5 Å². The summed E-state index contributed by atoms with van der Waals surface area (Å²) in [4.78, 5) is 19.4. The normalized spacial score (nSPS) is 13.7. The van der Waals surface area contributed by atoms with E-state index in [1.54, 1.807) is 12.3 Å². The molecule has 0 N–H and O–H groups in total. The first-order valence-corrected chi connectivity index (χ1v) is 10.7. The molecule has 0 saturated carbocycles. The van der Waals surface area contributed by atoms with Crippen molar-refractivity contribution in [1.82, 2.24) is 19.9 Å². The number of pyridine rings is 1. The third-order valence-corrected chi connectivity index (χ3v) is 5.43. The fraction of sp³-hybridized carbons (Fsp3) is 0.292. The average Bonchev–Trinajstić information content (AvgIpc) is 2.86. The minimum Gasteiger partial charge on any atom is -0.493 e. The van der Waals surface area contributed by atoms with Gasteiger partial charge in [-0.2, -0.15) is 18.4 Å². The maximum atomic E-state index is 13.0. The van der Waals surface area contributed by atoms with Crippen molar-refractivity contribution in [2.45, 2.75) is 26.1 Å². The Morgan fingerprint density at radius 2 is 1.94 bits per heavy atom. The molecule has 3 aromatic rings. The fourth-order valence-electron chi connectivity index (χ4n) is 3.81. The molecule has 2 aromatic heterocycles. The van der Waals surface area contributed by atoms with Crippen LogP contribution in [0.25, 0.3) is 11.4 Å². The van der Waals surface area contributed by atoms with Gasteiger partial charge >= 0.3 is 6.18 Å². The molecule has 1 aliphatic heterocycles. The number of benzene rings is 1. The Bertz CT molecular complexity index is 1290. The van der Waals surface area contributed by atoms with E-state index in [2.05, 4.69) is 19.9 Å². The molecular weight excluding hydrogens is 461 g/mol. The Kier molecular flexibility index (Phi) is 6.82. The molecule has 0 fully saturated rings. The Labute approximate surface area is 199 Å². The average molecular weight is 482 g/mol. The first kappa shape index (κ1) is 23.9. The third-order valence-electron chi connectivity index (χ3n) is 5.43. The molecule has 0 unspecified atom stereocenters. The van der Waals surface area contributed by atoms with Crippen LogP contribution in [0.5, 0.6) is 11.5 Å². The molecule has 0 atom stereocenters. The van der Waals surface area contributed by atoms with E-state index in [0.29, 0.717) is 18.9 Å². The van der Waals surface area contributed by atoms with Crippen LogP contribution in [0.4, 0.5) is 18.9 Å². The van der Waals surface area contributed by atoms with Crippen molar-refractivity contribution < 1.29 is 22.6 Å². The van der Waals surface area contributed by atoms with Crippen LogP contribution in [-0.2, 0) is 13.0 Å². The van der Waals surface area contributed by atoms with E-state index in [1.807, 2.05) is 30.0 Å². The highest BCUT2D eigenvalue weighted by atomic mass is 19.4. The fourth-order valence-corrected chi connectivity index (χ4v) is 3.81. The van der Waals surface area contributed by atoms with Gasteiger partial charge in [-0.05, 0) is 24.6 Å². The van der Waals surface area contributed by atoms with E-state index >= 15 is 0 Å². The van der Waals surface area contributed by atoms with Crippen LogP contribution in [0.3, 0.4) is 0 Å². The Balaban J connectivity index is 1.81. The highest BCUT2D eigenvalue weighted by molar-refractivity contribution is 5.88. The van der Waals surface area contributed by atoms with Gasteiger partial charge < -0.3 is 14.4 Å². The highest BCUT2D eigenvalue weighted by Gasteiger charge is 2.32. The van der Waals surface area contributed by atoms with Gasteiger partial charge in [-0.15, -0.1) is 0 Å². The van der Waals surface area contributed by atoms with E-state index in [4.69, 9.17) is 9.47 Å². The number of halogens is 3. The standard InChI is InChI=1S/C24H21F3N6O2/c1-15(33-10-6-18-16(13-33)5-3-7-29-18)32-19-11-20(34-2)22(35-14-24(25,26)27)21(17(19)12-28)23-30-8-4-9-31-23/h3-5,7-9,11H,6,10,13-14H2,1-2H3. The zero-order valence-electron chi connectivity index (χ0n) is 19.0. The second-order valence-corrected chi connectivity index (χ2v) is 7.70. The van der Waals surface area contributed by atoms with E-state index in [0.717, 1.165) is 17.7 Å². The molecular formula is C24H21F3N6O2. The molecule has 0 spiro atoms. The van der Waals surface area contributed by atoms with Gasteiger partial charge in [0.2, 0.25) is 0 Å². The van der Waals surface area contributed by atoms with Crippen molar-refractivity contribution in [2.75, 3.05) is 20.3 Å². The molecule has 0 aliphatic carbocycles. The predicted molar refractivity (Wildman–Crippen MR) is 121 cm³/mol. The second kappa shape index (κ2) is 9.97. The molecule has 180 valence electrons. The van der Waals surface area contributed by atoms with Crippen molar-refractivity contribution in [2.24, 2.45) is 4.99 Å². The SMILES string of the molecule is COc1cc(N=C(C)N2CCc3ncccc3C2)c(C#N)c(-c2ncccn2)c1OCC(F)(F)F. The molecule has 0 radical (unpaired) electrons. The number of nitrogens with zero attached hydrogens (tertiary/aromatic N) is 6. The Hall–Kier alpha value is -4.20. The summed E-state index contributed by atoms with van der Waals surface area (Å²) < 4.78 is 49.3. The smallest absolute Gasteiger partial charge is 0.422 e. The number of hydrogen-bond donors (Lipinski definition) is 0. The zero-order chi connectivity index (χ0) is 25.0. The predicted octanol–water partition coefficient (Wildman–Crippen LogP) is 4.47. The highest BCUT2D eigenvalue weighted by Crippen LogP contribution is 2.45. The largest absolute Gasteiger partial charge is 0.493 e. The molecule has 0 amide bonds. The summed E-state index contributed by atoms with van der Waals surface area (Å²) >= 11 is 0. The lowest BCUT2D eigenvalue weighted by Crippen LogP contribution is -2.34. The second-order valence-electron chi connectivity index (χ2n) is 7.70. The summed E-state index contributed by atoms with van der Waals surface area (Å²) in [7, 11) is 1.30.